The van der Waals surface area contributed by atoms with Gasteiger partial charge in [-0.1, -0.05) is 69.3 Å². The number of ether oxygens (including phenoxy) is 2. The maximum Gasteiger partial charge on any atom is 0.178 e. The van der Waals surface area contributed by atoms with Crippen LogP contribution in [0.25, 0.3) is 0 Å². The van der Waals surface area contributed by atoms with Crippen molar-refractivity contribution in [2.45, 2.75) is 99.3 Å². The van der Waals surface area contributed by atoms with E-state index in [9.17, 15) is 27.0 Å². The molecule has 2 aromatic carbocycles. The van der Waals surface area contributed by atoms with Crippen LogP contribution in [0.3, 0.4) is 0 Å². The van der Waals surface area contributed by atoms with E-state index in [2.05, 4.69) is 13.2 Å². The molecule has 2 heterocycles. The van der Waals surface area contributed by atoms with E-state index in [-0.39, 0.29) is 66.2 Å². The van der Waals surface area contributed by atoms with Gasteiger partial charge in [-0.25, -0.2) is 16.8 Å². The average Bonchev–Trinajstić information content (AvgIpc) is 3.51. The SMILES string of the molecule is C=CC[C@@H]1O[C@H](C[C@H](O)CC)[C@H](C)[C@H]1CS(=O)(=O)c1ccccc1.C=CC[C@@H]1O[C@H](C[C@H](O)CO)[C@H](C)[C@H]1CS(=O)(=O)c1ccccc1. The van der Waals surface area contributed by atoms with Crippen LogP contribution in [-0.2, 0) is 29.1 Å². The Labute approximate surface area is 287 Å². The number of benzene rings is 2. The Morgan fingerprint density at radius 1 is 0.688 bits per heavy atom. The van der Waals surface area contributed by atoms with Crippen molar-refractivity contribution in [2.24, 2.45) is 23.7 Å². The fraction of sp³-hybridized carbons (Fsp3) is 0.568. The van der Waals surface area contributed by atoms with Crippen molar-refractivity contribution >= 4 is 19.7 Å². The van der Waals surface area contributed by atoms with Gasteiger partial charge in [0, 0.05) is 18.3 Å². The number of hydrogen-bond acceptors (Lipinski definition) is 9. The minimum Gasteiger partial charge on any atom is -0.394 e. The summed E-state index contributed by atoms with van der Waals surface area (Å²) < 4.78 is 62.9. The first-order valence-electron chi connectivity index (χ1n) is 16.8. The number of rotatable bonds is 16. The second-order valence-electron chi connectivity index (χ2n) is 13.1. The van der Waals surface area contributed by atoms with Crippen molar-refractivity contribution in [1.82, 2.24) is 0 Å². The Balaban J connectivity index is 0.000000260. The Bertz CT molecular complexity index is 1370. The zero-order valence-corrected chi connectivity index (χ0v) is 30.0. The number of hydrogen-bond donors (Lipinski definition) is 3. The third-order valence-electron chi connectivity index (χ3n) is 9.69. The van der Waals surface area contributed by atoms with Gasteiger partial charge in [-0.3, -0.25) is 0 Å². The van der Waals surface area contributed by atoms with Crippen LogP contribution in [0.15, 0.2) is 95.8 Å². The summed E-state index contributed by atoms with van der Waals surface area (Å²) in [6.45, 7) is 13.1. The quantitative estimate of drug-likeness (QED) is 0.205. The molecule has 268 valence electrons. The molecule has 2 aliphatic heterocycles. The van der Waals surface area contributed by atoms with Crippen molar-refractivity contribution in [1.29, 1.82) is 0 Å². The molecule has 3 N–H and O–H groups in total. The van der Waals surface area contributed by atoms with Crippen LogP contribution >= 0.6 is 0 Å². The summed E-state index contributed by atoms with van der Waals surface area (Å²) >= 11 is 0. The molecule has 48 heavy (non-hydrogen) atoms. The highest BCUT2D eigenvalue weighted by molar-refractivity contribution is 7.91. The molecule has 2 aliphatic rings. The molecule has 0 spiro atoms. The lowest BCUT2D eigenvalue weighted by Gasteiger charge is -2.21. The Morgan fingerprint density at radius 3 is 1.40 bits per heavy atom. The predicted octanol–water partition coefficient (Wildman–Crippen LogP) is 5.02. The summed E-state index contributed by atoms with van der Waals surface area (Å²) in [4.78, 5) is 0.667. The molecular formula is C37H54O9S2. The molecular weight excluding hydrogens is 653 g/mol. The maximum absolute atomic E-state index is 12.7. The summed E-state index contributed by atoms with van der Waals surface area (Å²) in [6, 6.07) is 17.0. The molecule has 2 fully saturated rings. The zero-order valence-electron chi connectivity index (χ0n) is 28.4. The van der Waals surface area contributed by atoms with E-state index in [4.69, 9.17) is 14.6 Å². The first-order chi connectivity index (χ1) is 22.8. The second kappa shape index (κ2) is 18.6. The first-order valence-corrected chi connectivity index (χ1v) is 20.1. The molecule has 0 aromatic heterocycles. The topological polar surface area (TPSA) is 147 Å². The molecule has 2 aromatic rings. The summed E-state index contributed by atoms with van der Waals surface area (Å²) in [6.07, 6.45) is 4.15. The van der Waals surface area contributed by atoms with Crippen molar-refractivity contribution in [3.8, 4) is 0 Å². The van der Waals surface area contributed by atoms with E-state index >= 15 is 0 Å². The third-order valence-corrected chi connectivity index (χ3v) is 13.3. The van der Waals surface area contributed by atoms with Gasteiger partial charge in [-0.2, -0.15) is 0 Å². The fourth-order valence-corrected chi connectivity index (χ4v) is 10.3. The highest BCUT2D eigenvalue weighted by Gasteiger charge is 2.45. The molecule has 11 heteroatoms. The highest BCUT2D eigenvalue weighted by atomic mass is 32.2. The van der Waals surface area contributed by atoms with Crippen LogP contribution in [0.4, 0.5) is 0 Å². The molecule has 0 amide bonds. The molecule has 9 nitrogen and oxygen atoms in total. The number of sulfone groups is 2. The third kappa shape index (κ3) is 10.8. The van der Waals surface area contributed by atoms with Crippen LogP contribution in [0.5, 0.6) is 0 Å². The number of aliphatic hydroxyl groups excluding tert-OH is 3. The van der Waals surface area contributed by atoms with Gasteiger partial charge in [0.1, 0.15) is 0 Å². The van der Waals surface area contributed by atoms with Gasteiger partial charge in [-0.05, 0) is 61.8 Å². The zero-order chi connectivity index (χ0) is 35.5. The van der Waals surface area contributed by atoms with Crippen molar-refractivity contribution in [2.75, 3.05) is 18.1 Å². The van der Waals surface area contributed by atoms with Crippen molar-refractivity contribution in [3.05, 3.63) is 86.0 Å². The van der Waals surface area contributed by atoms with Crippen LogP contribution in [0.1, 0.15) is 52.9 Å². The van der Waals surface area contributed by atoms with Crippen LogP contribution in [-0.4, -0.2) is 86.9 Å². The average molecular weight is 707 g/mol. The lowest BCUT2D eigenvalue weighted by Crippen LogP contribution is -2.29. The minimum atomic E-state index is -3.41. The molecule has 0 aliphatic carbocycles. The van der Waals surface area contributed by atoms with Gasteiger partial charge in [-0.15, -0.1) is 13.2 Å². The molecule has 0 unspecified atom stereocenters. The van der Waals surface area contributed by atoms with E-state index in [1.165, 1.54) is 0 Å². The summed E-state index contributed by atoms with van der Waals surface area (Å²) in [7, 11) is -6.77. The Kier molecular flexibility index (Phi) is 15.5. The van der Waals surface area contributed by atoms with Gasteiger partial charge in [0.15, 0.2) is 19.7 Å². The maximum atomic E-state index is 12.7. The van der Waals surface area contributed by atoms with Crippen LogP contribution in [0.2, 0.25) is 0 Å². The van der Waals surface area contributed by atoms with E-state index in [0.717, 1.165) is 0 Å². The van der Waals surface area contributed by atoms with Crippen LogP contribution in [0, 0.1) is 23.7 Å². The van der Waals surface area contributed by atoms with E-state index in [1.54, 1.807) is 66.7 Å². The molecule has 0 saturated carbocycles. The molecule has 0 bridgehead atoms. The Morgan fingerprint density at radius 2 is 1.06 bits per heavy atom. The predicted molar refractivity (Wildman–Crippen MR) is 188 cm³/mol. The van der Waals surface area contributed by atoms with Crippen LogP contribution < -0.4 is 0 Å². The molecule has 4 rings (SSSR count). The van der Waals surface area contributed by atoms with Gasteiger partial charge in [0.05, 0.1) is 64.5 Å². The highest BCUT2D eigenvalue weighted by Crippen LogP contribution is 2.39. The summed E-state index contributed by atoms with van der Waals surface area (Å²) in [5.41, 5.74) is 0. The standard InChI is InChI=1S/C19H28O4S.C18H26O5S/c1-4-9-18-17(14(3)19(23-18)12-15(20)5-2)13-24(21,22)16-10-7-6-8-11-16;1-3-7-17-16(13(2)18(23-17)10-14(20)11-19)12-24(21,22)15-8-5-4-6-9-15/h4,6-8,10-11,14-15,17-20H,1,5,9,12-13H2,2-3H3;3-6,8-9,13-14,16-20H,1,7,10-12H2,2H3/t14-,15-,17-,18+,19-;13-,14+,16-,17+,18-/m11/s1. The van der Waals surface area contributed by atoms with E-state index in [1.807, 2.05) is 26.8 Å². The summed E-state index contributed by atoms with van der Waals surface area (Å²) in [5, 5.41) is 28.6. The summed E-state index contributed by atoms with van der Waals surface area (Å²) in [5.74, 6) is -0.159. The van der Waals surface area contributed by atoms with E-state index < -0.39 is 31.9 Å². The number of aliphatic hydroxyl groups is 3. The minimum absolute atomic E-state index is 0.00239. The van der Waals surface area contributed by atoms with Crippen molar-refractivity contribution in [3.63, 3.8) is 0 Å². The Hall–Kier alpha value is -2.38. The normalized spacial score (nSPS) is 28.6. The van der Waals surface area contributed by atoms with Crippen molar-refractivity contribution < 1.29 is 41.6 Å². The molecule has 2 saturated heterocycles. The van der Waals surface area contributed by atoms with E-state index in [0.29, 0.717) is 41.9 Å². The lowest BCUT2D eigenvalue weighted by molar-refractivity contribution is -0.0111. The van der Waals surface area contributed by atoms with Gasteiger partial charge in [0.25, 0.3) is 0 Å². The van der Waals surface area contributed by atoms with Gasteiger partial charge in [0.2, 0.25) is 0 Å². The van der Waals surface area contributed by atoms with Gasteiger partial charge >= 0.3 is 0 Å². The van der Waals surface area contributed by atoms with Gasteiger partial charge < -0.3 is 24.8 Å². The smallest absolute Gasteiger partial charge is 0.178 e. The first kappa shape index (κ1) is 40.1. The largest absolute Gasteiger partial charge is 0.394 e. The molecule has 0 radical (unpaired) electrons. The fourth-order valence-electron chi connectivity index (χ4n) is 6.71. The second-order valence-corrected chi connectivity index (χ2v) is 17.1. The molecule has 10 atom stereocenters. The monoisotopic (exact) mass is 706 g/mol. The lowest BCUT2D eigenvalue weighted by atomic mass is 9.87.